The first-order chi connectivity index (χ1) is 8.69. The van der Waals surface area contributed by atoms with Crippen LogP contribution in [0.25, 0.3) is 0 Å². The minimum absolute atomic E-state index is 0.269. The summed E-state index contributed by atoms with van der Waals surface area (Å²) in [5.41, 5.74) is 0.931. The molecule has 1 unspecified atom stereocenters. The van der Waals surface area contributed by atoms with Crippen LogP contribution in [0.15, 0.2) is 24.3 Å². The van der Waals surface area contributed by atoms with Crippen LogP contribution in [0.3, 0.4) is 0 Å². The number of anilines is 1. The van der Waals surface area contributed by atoms with E-state index >= 15 is 0 Å². The van der Waals surface area contributed by atoms with Crippen LogP contribution in [0.4, 0.5) is 5.69 Å². The van der Waals surface area contributed by atoms with Crippen molar-refractivity contribution in [2.24, 2.45) is 0 Å². The van der Waals surface area contributed by atoms with Crippen molar-refractivity contribution in [3.05, 3.63) is 24.3 Å². The Morgan fingerprint density at radius 3 is 2.78 bits per heavy atom. The summed E-state index contributed by atoms with van der Waals surface area (Å²) in [7, 11) is 1.64. The van der Waals surface area contributed by atoms with Crippen molar-refractivity contribution in [2.75, 3.05) is 25.5 Å². The number of rotatable bonds is 2. The lowest BCUT2D eigenvalue weighted by atomic mass is 10.1. The molecular formula is C13H18N2O2S. The topological polar surface area (TPSA) is 44.7 Å². The van der Waals surface area contributed by atoms with Crippen LogP contribution in [0.2, 0.25) is 0 Å². The molecule has 4 nitrogen and oxygen atoms in total. The Morgan fingerprint density at radius 1 is 1.44 bits per heavy atom. The maximum Gasteiger partial charge on any atom is 0.173 e. The van der Waals surface area contributed by atoms with Crippen LogP contribution in [-0.4, -0.2) is 41.4 Å². The molecule has 1 saturated heterocycles. The molecule has 0 aromatic heterocycles. The molecule has 1 atom stereocenters. The fourth-order valence-electron chi connectivity index (χ4n) is 2.02. The molecular weight excluding hydrogens is 248 g/mol. The van der Waals surface area contributed by atoms with Crippen molar-refractivity contribution in [1.82, 2.24) is 4.90 Å². The quantitative estimate of drug-likeness (QED) is 0.800. The molecule has 2 N–H and O–H groups in total. The number of benzene rings is 1. The number of ether oxygens (including phenoxy) is 1. The summed E-state index contributed by atoms with van der Waals surface area (Å²) < 4.78 is 5.10. The number of hydrogen-bond acceptors (Lipinski definition) is 3. The summed E-state index contributed by atoms with van der Waals surface area (Å²) >= 11 is 5.34. The van der Waals surface area contributed by atoms with Gasteiger partial charge in [-0.25, -0.2) is 0 Å². The van der Waals surface area contributed by atoms with Gasteiger partial charge in [-0.05, 0) is 49.3 Å². The van der Waals surface area contributed by atoms with Gasteiger partial charge >= 0.3 is 0 Å². The van der Waals surface area contributed by atoms with Crippen LogP contribution < -0.4 is 10.1 Å². The number of hydrogen-bond donors (Lipinski definition) is 2. The smallest absolute Gasteiger partial charge is 0.173 e. The second-order valence-corrected chi connectivity index (χ2v) is 4.79. The third-order valence-corrected chi connectivity index (χ3v) is 3.39. The maximum atomic E-state index is 9.62. The van der Waals surface area contributed by atoms with Crippen molar-refractivity contribution in [3.8, 4) is 5.75 Å². The SMILES string of the molecule is COc1ccc(NC(=S)N2CCCC(O)C2)cc1. The Kier molecular flexibility index (Phi) is 4.38. The average Bonchev–Trinajstić information content (AvgIpc) is 2.39. The minimum Gasteiger partial charge on any atom is -0.497 e. The molecule has 2 rings (SSSR count). The molecule has 1 aliphatic heterocycles. The number of aliphatic hydroxyl groups is 1. The van der Waals surface area contributed by atoms with Gasteiger partial charge in [0.15, 0.2) is 5.11 Å². The summed E-state index contributed by atoms with van der Waals surface area (Å²) in [6.07, 6.45) is 1.57. The number of nitrogens with zero attached hydrogens (tertiary/aromatic N) is 1. The molecule has 0 spiro atoms. The summed E-state index contributed by atoms with van der Waals surface area (Å²) in [5.74, 6) is 0.819. The van der Waals surface area contributed by atoms with Gasteiger partial charge in [-0.2, -0.15) is 0 Å². The fourth-order valence-corrected chi connectivity index (χ4v) is 2.30. The first-order valence-corrected chi connectivity index (χ1v) is 6.48. The zero-order valence-corrected chi connectivity index (χ0v) is 11.2. The highest BCUT2D eigenvalue weighted by atomic mass is 32.1. The van der Waals surface area contributed by atoms with E-state index in [1.807, 2.05) is 29.2 Å². The summed E-state index contributed by atoms with van der Waals surface area (Å²) in [5, 5.41) is 13.5. The Labute approximate surface area is 113 Å². The average molecular weight is 266 g/mol. The first kappa shape index (κ1) is 13.1. The monoisotopic (exact) mass is 266 g/mol. The van der Waals surface area contributed by atoms with Gasteiger partial charge < -0.3 is 20.1 Å². The van der Waals surface area contributed by atoms with E-state index in [1.165, 1.54) is 0 Å². The lowest BCUT2D eigenvalue weighted by Gasteiger charge is -2.32. The van der Waals surface area contributed by atoms with E-state index in [4.69, 9.17) is 17.0 Å². The molecule has 5 heteroatoms. The van der Waals surface area contributed by atoms with Crippen LogP contribution in [0, 0.1) is 0 Å². The molecule has 1 aliphatic rings. The lowest BCUT2D eigenvalue weighted by molar-refractivity contribution is 0.104. The molecule has 0 bridgehead atoms. The molecule has 1 fully saturated rings. The number of methoxy groups -OCH3 is 1. The fraction of sp³-hybridized carbons (Fsp3) is 0.462. The Hall–Kier alpha value is -1.33. The van der Waals surface area contributed by atoms with Gasteiger partial charge in [0.1, 0.15) is 5.75 Å². The zero-order chi connectivity index (χ0) is 13.0. The van der Waals surface area contributed by atoms with Crippen LogP contribution in [0.1, 0.15) is 12.8 Å². The van der Waals surface area contributed by atoms with E-state index in [-0.39, 0.29) is 6.10 Å². The molecule has 98 valence electrons. The number of thiocarbonyl (C=S) groups is 1. The third kappa shape index (κ3) is 3.34. The molecule has 0 amide bonds. The molecule has 18 heavy (non-hydrogen) atoms. The Balaban J connectivity index is 1.93. The van der Waals surface area contributed by atoms with Crippen molar-refractivity contribution in [1.29, 1.82) is 0 Å². The summed E-state index contributed by atoms with van der Waals surface area (Å²) in [4.78, 5) is 2.01. The van der Waals surface area contributed by atoms with Gasteiger partial charge in [0.2, 0.25) is 0 Å². The zero-order valence-electron chi connectivity index (χ0n) is 10.4. The number of piperidine rings is 1. The van der Waals surface area contributed by atoms with E-state index in [0.29, 0.717) is 11.7 Å². The van der Waals surface area contributed by atoms with Crippen LogP contribution in [0.5, 0.6) is 5.75 Å². The molecule has 0 saturated carbocycles. The number of likely N-dealkylation sites (tertiary alicyclic amines) is 1. The third-order valence-electron chi connectivity index (χ3n) is 3.03. The second kappa shape index (κ2) is 6.02. The number of β-amino-alcohol motifs (C(OH)–C–C–N with tert-alkyl or cyclic N) is 1. The largest absolute Gasteiger partial charge is 0.497 e. The first-order valence-electron chi connectivity index (χ1n) is 6.07. The standard InChI is InChI=1S/C13H18N2O2S/c1-17-12-6-4-10(5-7-12)14-13(18)15-8-2-3-11(16)9-15/h4-7,11,16H,2-3,8-9H2,1H3,(H,14,18). The van der Waals surface area contributed by atoms with Gasteiger partial charge in [-0.1, -0.05) is 0 Å². The second-order valence-electron chi connectivity index (χ2n) is 4.40. The highest BCUT2D eigenvalue weighted by Gasteiger charge is 2.19. The minimum atomic E-state index is -0.269. The predicted octanol–water partition coefficient (Wildman–Crippen LogP) is 1.85. The highest BCUT2D eigenvalue weighted by molar-refractivity contribution is 7.80. The Bertz CT molecular complexity index is 408. The molecule has 1 heterocycles. The van der Waals surface area contributed by atoms with Gasteiger partial charge in [-0.3, -0.25) is 0 Å². The van der Waals surface area contributed by atoms with Gasteiger partial charge in [0.25, 0.3) is 0 Å². The maximum absolute atomic E-state index is 9.62. The summed E-state index contributed by atoms with van der Waals surface area (Å²) in [6.45, 7) is 1.51. The van der Waals surface area contributed by atoms with Gasteiger partial charge in [-0.15, -0.1) is 0 Å². The van der Waals surface area contributed by atoms with Crippen LogP contribution in [-0.2, 0) is 0 Å². The van der Waals surface area contributed by atoms with Gasteiger partial charge in [0, 0.05) is 18.8 Å². The molecule has 1 aromatic carbocycles. The van der Waals surface area contributed by atoms with E-state index in [1.54, 1.807) is 7.11 Å². The van der Waals surface area contributed by atoms with E-state index in [0.717, 1.165) is 30.8 Å². The van der Waals surface area contributed by atoms with Crippen molar-refractivity contribution in [3.63, 3.8) is 0 Å². The van der Waals surface area contributed by atoms with Gasteiger partial charge in [0.05, 0.1) is 13.2 Å². The number of aliphatic hydroxyl groups excluding tert-OH is 1. The molecule has 0 aliphatic carbocycles. The van der Waals surface area contributed by atoms with Crippen molar-refractivity contribution in [2.45, 2.75) is 18.9 Å². The Morgan fingerprint density at radius 2 is 2.17 bits per heavy atom. The number of nitrogens with one attached hydrogen (secondary N) is 1. The van der Waals surface area contributed by atoms with Crippen molar-refractivity contribution < 1.29 is 9.84 Å². The van der Waals surface area contributed by atoms with Crippen molar-refractivity contribution >= 4 is 23.0 Å². The van der Waals surface area contributed by atoms with E-state index in [2.05, 4.69) is 5.32 Å². The molecule has 1 aromatic rings. The normalized spacial score (nSPS) is 19.4. The highest BCUT2D eigenvalue weighted by Crippen LogP contribution is 2.17. The van der Waals surface area contributed by atoms with Crippen LogP contribution >= 0.6 is 12.2 Å². The van der Waals surface area contributed by atoms with E-state index < -0.39 is 0 Å². The predicted molar refractivity (Wildman–Crippen MR) is 76.0 cm³/mol. The van der Waals surface area contributed by atoms with E-state index in [9.17, 15) is 5.11 Å². The lowest BCUT2D eigenvalue weighted by Crippen LogP contribution is -2.44. The summed E-state index contributed by atoms with van der Waals surface area (Å²) in [6, 6.07) is 7.61. The molecule has 0 radical (unpaired) electrons.